The minimum atomic E-state index is -0.590. The Hall–Kier alpha value is -3.36. The van der Waals surface area contributed by atoms with Crippen LogP contribution in [0.3, 0.4) is 0 Å². The molecule has 1 aliphatic rings. The molecule has 68 heavy (non-hydrogen) atoms. The van der Waals surface area contributed by atoms with Gasteiger partial charge in [-0.05, 0) is 81.1 Å². The van der Waals surface area contributed by atoms with Crippen LogP contribution in [-0.2, 0) is 19.1 Å². The summed E-state index contributed by atoms with van der Waals surface area (Å²) in [6, 6.07) is 15.6. The van der Waals surface area contributed by atoms with Gasteiger partial charge in [-0.15, -0.1) is 0 Å². The predicted molar refractivity (Wildman–Crippen MR) is 280 cm³/mol. The number of aliphatic hydroxyl groups is 1. The Morgan fingerprint density at radius 3 is 1.57 bits per heavy atom. The highest BCUT2D eigenvalue weighted by atomic mass is 16.5. The van der Waals surface area contributed by atoms with E-state index in [-0.39, 0.29) is 55.3 Å². The molecule has 0 bridgehead atoms. The number of amides is 1. The third-order valence-electron chi connectivity index (χ3n) is 15.6. The van der Waals surface area contributed by atoms with E-state index >= 15 is 0 Å². The normalized spacial score (nSPS) is 17.3. The molecule has 1 aliphatic carbocycles. The number of aliphatic hydroxyl groups excluding tert-OH is 1. The van der Waals surface area contributed by atoms with Gasteiger partial charge in [0, 0.05) is 37.6 Å². The van der Waals surface area contributed by atoms with Crippen LogP contribution in [0.2, 0.25) is 0 Å². The summed E-state index contributed by atoms with van der Waals surface area (Å²) in [6.45, 7) is 8.77. The number of unbranched alkanes of at least 4 members (excludes halogenated alkanes) is 16. The molecule has 4 unspecified atom stereocenters. The lowest BCUT2D eigenvalue weighted by molar-refractivity contribution is -0.144. The Kier molecular flexibility index (Phi) is 30.9. The first kappa shape index (κ1) is 59.0. The highest BCUT2D eigenvalue weighted by molar-refractivity contribution is 6.15. The maximum absolute atomic E-state index is 13.6. The van der Waals surface area contributed by atoms with Crippen molar-refractivity contribution in [2.24, 2.45) is 23.7 Å². The van der Waals surface area contributed by atoms with Crippen molar-refractivity contribution >= 4 is 23.4 Å². The van der Waals surface area contributed by atoms with Crippen molar-refractivity contribution in [3.05, 3.63) is 71.3 Å². The maximum atomic E-state index is 13.6. The number of carbonyl (C=O) groups excluding carboxylic acids is 4. The zero-order valence-electron chi connectivity index (χ0n) is 43.9. The fraction of sp³-hybridized carbons (Fsp3) is 0.733. The van der Waals surface area contributed by atoms with Gasteiger partial charge in [-0.2, -0.15) is 0 Å². The van der Waals surface area contributed by atoms with E-state index in [1.807, 2.05) is 6.07 Å². The zero-order valence-corrected chi connectivity index (χ0v) is 43.9. The largest absolute Gasteiger partial charge is 0.464 e. The van der Waals surface area contributed by atoms with Crippen LogP contribution in [-0.4, -0.2) is 72.5 Å². The summed E-state index contributed by atoms with van der Waals surface area (Å²) in [4.78, 5) is 54.1. The molecule has 8 heteroatoms. The number of hydrogen-bond donors (Lipinski definition) is 1. The molecule has 2 aromatic rings. The zero-order chi connectivity index (χ0) is 49.2. The van der Waals surface area contributed by atoms with Crippen LogP contribution in [0.1, 0.15) is 247 Å². The molecule has 1 N–H and O–H groups in total. The number of ether oxygens (including phenoxy) is 2. The highest BCUT2D eigenvalue weighted by Gasteiger charge is 2.38. The molecular formula is C60H97NO7. The molecule has 2 aromatic carbocycles. The average Bonchev–Trinajstić information content (AvgIpc) is 3.36. The van der Waals surface area contributed by atoms with Crippen molar-refractivity contribution in [3.8, 4) is 0 Å². The molecule has 8 nitrogen and oxygen atoms in total. The van der Waals surface area contributed by atoms with Crippen molar-refractivity contribution in [1.29, 1.82) is 0 Å². The van der Waals surface area contributed by atoms with Gasteiger partial charge in [0.25, 0.3) is 5.91 Å². The number of hydrogen-bond acceptors (Lipinski definition) is 7. The van der Waals surface area contributed by atoms with Gasteiger partial charge in [-0.25, -0.2) is 0 Å². The van der Waals surface area contributed by atoms with Gasteiger partial charge in [-0.1, -0.05) is 205 Å². The van der Waals surface area contributed by atoms with Crippen LogP contribution in [0, 0.1) is 23.7 Å². The Morgan fingerprint density at radius 2 is 1.04 bits per heavy atom. The molecule has 1 fully saturated rings. The number of benzene rings is 2. The summed E-state index contributed by atoms with van der Waals surface area (Å²) >= 11 is 0. The van der Waals surface area contributed by atoms with E-state index in [0.717, 1.165) is 68.6 Å². The van der Waals surface area contributed by atoms with Gasteiger partial charge in [0.05, 0.1) is 18.7 Å². The van der Waals surface area contributed by atoms with Crippen LogP contribution >= 0.6 is 0 Å². The van der Waals surface area contributed by atoms with Crippen LogP contribution in [0.25, 0.3) is 0 Å². The van der Waals surface area contributed by atoms with Gasteiger partial charge < -0.3 is 19.5 Å². The number of methoxy groups -OCH3 is 1. The monoisotopic (exact) mass is 944 g/mol. The first-order valence-corrected chi connectivity index (χ1v) is 28.0. The molecule has 0 radical (unpaired) electrons. The second-order valence-corrected chi connectivity index (χ2v) is 20.2. The van der Waals surface area contributed by atoms with Crippen molar-refractivity contribution < 1.29 is 33.8 Å². The lowest BCUT2D eigenvalue weighted by atomic mass is 9.61. The van der Waals surface area contributed by atoms with Crippen LogP contribution in [0.15, 0.2) is 54.6 Å². The molecule has 4 atom stereocenters. The summed E-state index contributed by atoms with van der Waals surface area (Å²) in [6.07, 6.45) is 35.8. The Bertz CT molecular complexity index is 1650. The fourth-order valence-corrected chi connectivity index (χ4v) is 11.4. The van der Waals surface area contributed by atoms with Gasteiger partial charge in [0.15, 0.2) is 11.6 Å². The van der Waals surface area contributed by atoms with E-state index in [0.29, 0.717) is 24.0 Å². The van der Waals surface area contributed by atoms with Gasteiger partial charge in [0.1, 0.15) is 12.2 Å². The lowest BCUT2D eigenvalue weighted by Gasteiger charge is -2.44. The Labute approximate surface area is 414 Å². The van der Waals surface area contributed by atoms with Gasteiger partial charge in [-0.3, -0.25) is 19.2 Å². The van der Waals surface area contributed by atoms with Crippen LogP contribution in [0.4, 0.5) is 0 Å². The van der Waals surface area contributed by atoms with Crippen molar-refractivity contribution in [2.75, 3.05) is 33.4 Å². The molecule has 0 heterocycles. The van der Waals surface area contributed by atoms with Gasteiger partial charge in [0.2, 0.25) is 0 Å². The van der Waals surface area contributed by atoms with Gasteiger partial charge >= 0.3 is 5.97 Å². The second-order valence-electron chi connectivity index (χ2n) is 20.2. The first-order chi connectivity index (χ1) is 33.2. The lowest BCUT2D eigenvalue weighted by Crippen LogP contribution is -2.39. The molecule has 1 amide bonds. The average molecular weight is 944 g/mol. The van der Waals surface area contributed by atoms with E-state index in [1.165, 1.54) is 140 Å². The summed E-state index contributed by atoms with van der Waals surface area (Å²) in [5.41, 5.74) is 0.478. The van der Waals surface area contributed by atoms with Crippen LogP contribution in [0.5, 0.6) is 0 Å². The third kappa shape index (κ3) is 20.9. The molecule has 0 aromatic heterocycles. The summed E-state index contributed by atoms with van der Waals surface area (Å²) in [7, 11) is 1.69. The quantitative estimate of drug-likeness (QED) is 0.0402. The maximum Gasteiger partial charge on any atom is 0.305 e. The Morgan fingerprint density at radius 1 is 0.574 bits per heavy atom. The molecule has 0 saturated heterocycles. The topological polar surface area (TPSA) is 110 Å². The number of rotatable bonds is 40. The minimum absolute atomic E-state index is 0.0392. The molecule has 0 aliphatic heterocycles. The number of Topliss-reactive ketones (excluding diaryl/α,β-unsaturated/α-hetero) is 1. The molecule has 0 spiro atoms. The van der Waals surface area contributed by atoms with Crippen molar-refractivity contribution in [1.82, 2.24) is 4.90 Å². The molecule has 3 rings (SSSR count). The predicted octanol–water partition coefficient (Wildman–Crippen LogP) is 15.1. The second kappa shape index (κ2) is 35.7. The highest BCUT2D eigenvalue weighted by Crippen LogP contribution is 2.48. The van der Waals surface area contributed by atoms with E-state index < -0.39 is 5.60 Å². The van der Waals surface area contributed by atoms with E-state index in [4.69, 9.17) is 9.47 Å². The summed E-state index contributed by atoms with van der Waals surface area (Å²) in [5.74, 6) is 2.81. The molecule has 1 saturated carbocycles. The third-order valence-corrected chi connectivity index (χ3v) is 15.6. The first-order valence-electron chi connectivity index (χ1n) is 28.0. The smallest absolute Gasteiger partial charge is 0.305 e. The number of nitrogens with zero attached hydrogens (tertiary/aromatic N) is 1. The fourth-order valence-electron chi connectivity index (χ4n) is 11.4. The van der Waals surface area contributed by atoms with E-state index in [2.05, 4.69) is 27.7 Å². The van der Waals surface area contributed by atoms with E-state index in [1.54, 1.807) is 55.6 Å². The Balaban J connectivity index is 1.47. The SMILES string of the molecule is CCCCCCCCC1C(CCCCCCCC(=O)OCCN(CCO)C(=O)c2ccccc2C(=O)c2ccccc2)CCC(CCCCCC)C1CCCCCCCC(=O)C(CC)(CC)OC. The van der Waals surface area contributed by atoms with Crippen molar-refractivity contribution in [3.63, 3.8) is 0 Å². The number of esters is 1. The van der Waals surface area contributed by atoms with Crippen LogP contribution < -0.4 is 0 Å². The number of carbonyl (C=O) groups is 4. The summed E-state index contributed by atoms with van der Waals surface area (Å²) in [5, 5.41) is 9.75. The standard InChI is InChI=1S/C60H97NO7/c1-6-10-12-14-18-27-37-53-50(44-43-49(33-23-13-11-7-2)52(53)38-28-19-16-20-29-41-56(63)60(8-3,9-4)67-5)34-24-17-15-21-30-42-57(64)68-48-46-61(45-47-62)59(66)55-40-32-31-39-54(55)58(65)51-35-25-22-26-36-51/h22,25-26,31-32,35-36,39-40,49-50,52-53,62H,6-21,23-24,27-30,33-34,37-38,41-48H2,1-5H3. The summed E-state index contributed by atoms with van der Waals surface area (Å²) < 4.78 is 11.3. The molecule has 384 valence electrons. The number of ketones is 2. The van der Waals surface area contributed by atoms with Crippen molar-refractivity contribution in [2.45, 2.75) is 226 Å². The minimum Gasteiger partial charge on any atom is -0.464 e. The molecular weight excluding hydrogens is 847 g/mol. The van der Waals surface area contributed by atoms with E-state index in [9.17, 15) is 24.3 Å².